The van der Waals surface area contributed by atoms with Gasteiger partial charge in [0.25, 0.3) is 0 Å². The zero-order valence-electron chi connectivity index (χ0n) is 18.3. The maximum Gasteiger partial charge on any atom is 0.210 e. The minimum Gasteiger partial charge on any atom is -0.489 e. The summed E-state index contributed by atoms with van der Waals surface area (Å²) in [7, 11) is -3.56. The third-order valence-electron chi connectivity index (χ3n) is 6.93. The molecule has 1 saturated carbocycles. The topological polar surface area (TPSA) is 98.5 Å². The van der Waals surface area contributed by atoms with E-state index < -0.39 is 9.84 Å². The van der Waals surface area contributed by atoms with Gasteiger partial charge in [-0.05, 0) is 43.2 Å². The van der Waals surface area contributed by atoms with Gasteiger partial charge in [0.05, 0.1) is 14.8 Å². The Balaban J connectivity index is 1.25. The average molecular weight is 510 g/mol. The molecule has 1 unspecified atom stereocenters. The molecule has 35 heavy (non-hydrogen) atoms. The molecule has 8 nitrogen and oxygen atoms in total. The quantitative estimate of drug-likeness (QED) is 0.432. The smallest absolute Gasteiger partial charge is 0.210 e. The maximum absolute atomic E-state index is 14.7. The summed E-state index contributed by atoms with van der Waals surface area (Å²) in [4.78, 5) is 4.86. The first-order valence-electron chi connectivity index (χ1n) is 11.0. The Morgan fingerprint density at radius 3 is 2.97 bits per heavy atom. The number of allylic oxidation sites excluding steroid dienone is 1. The van der Waals surface area contributed by atoms with Crippen molar-refractivity contribution in [3.63, 3.8) is 0 Å². The van der Waals surface area contributed by atoms with Crippen molar-refractivity contribution in [1.82, 2.24) is 19.6 Å². The van der Waals surface area contributed by atoms with Crippen molar-refractivity contribution in [3.8, 4) is 16.9 Å². The summed E-state index contributed by atoms with van der Waals surface area (Å²) in [6.45, 7) is 1.73. The molecule has 0 saturated heterocycles. The lowest BCUT2D eigenvalue weighted by molar-refractivity contribution is 0.318. The number of fused-ring (bicyclic) bond motifs is 5. The number of hydrogen-bond donors (Lipinski definition) is 1. The van der Waals surface area contributed by atoms with Crippen LogP contribution in [0.3, 0.4) is 0 Å². The number of sulfone groups is 1. The Morgan fingerprint density at radius 2 is 2.11 bits per heavy atom. The summed E-state index contributed by atoms with van der Waals surface area (Å²) < 4.78 is 47.3. The van der Waals surface area contributed by atoms with Crippen molar-refractivity contribution in [1.29, 1.82) is 0 Å². The highest BCUT2D eigenvalue weighted by Crippen LogP contribution is 2.55. The summed E-state index contributed by atoms with van der Waals surface area (Å²) in [6.07, 6.45) is 4.25. The Morgan fingerprint density at radius 1 is 1.26 bits per heavy atom. The van der Waals surface area contributed by atoms with Crippen molar-refractivity contribution < 1.29 is 17.5 Å². The monoisotopic (exact) mass is 509 g/mol. The van der Waals surface area contributed by atoms with Crippen molar-refractivity contribution in [3.05, 3.63) is 70.3 Å². The van der Waals surface area contributed by atoms with Crippen LogP contribution in [0.5, 0.6) is 5.75 Å². The van der Waals surface area contributed by atoms with E-state index in [1.54, 1.807) is 34.9 Å². The Kier molecular flexibility index (Phi) is 4.18. The minimum atomic E-state index is -3.56. The number of benzene rings is 2. The highest BCUT2D eigenvalue weighted by atomic mass is 35.5. The van der Waals surface area contributed by atoms with Crippen LogP contribution in [0.4, 0.5) is 10.3 Å². The van der Waals surface area contributed by atoms with Gasteiger partial charge in [-0.15, -0.1) is 10.2 Å². The van der Waals surface area contributed by atoms with Gasteiger partial charge < -0.3 is 10.1 Å². The molecular formula is C24H17ClFN5O3S. The summed E-state index contributed by atoms with van der Waals surface area (Å²) in [5.74, 6) is 1.19. The first-order chi connectivity index (χ1) is 16.8. The number of hydrogen-bond acceptors (Lipinski definition) is 7. The standard InChI is InChI=1S/C24H17ClFN5O3S/c1-11-22(25)14-6-12(2-5-20(14)35(11,32)33)15-8-27-24(31-10-29-30-23(15)31)28-9-16-17(26)3-4-18-21(16)13-7-19(13)34-18/h2-6,8,10,13,19H,7,9H2,1H3,(H,27,28)/t13-,19?/m0/s1. The van der Waals surface area contributed by atoms with Crippen LogP contribution < -0.4 is 10.1 Å². The zero-order valence-corrected chi connectivity index (χ0v) is 19.9. The zero-order chi connectivity index (χ0) is 24.1. The van der Waals surface area contributed by atoms with E-state index >= 15 is 0 Å². The lowest BCUT2D eigenvalue weighted by Crippen LogP contribution is -2.10. The molecule has 2 atom stereocenters. The van der Waals surface area contributed by atoms with Crippen LogP contribution >= 0.6 is 11.6 Å². The van der Waals surface area contributed by atoms with E-state index in [4.69, 9.17) is 16.3 Å². The number of halogens is 2. The number of ether oxygens (including phenoxy) is 1. The first kappa shape index (κ1) is 20.8. The number of nitrogens with zero attached hydrogens (tertiary/aromatic N) is 4. The van der Waals surface area contributed by atoms with Crippen LogP contribution in [-0.4, -0.2) is 34.1 Å². The summed E-state index contributed by atoms with van der Waals surface area (Å²) in [5, 5.41) is 11.7. The van der Waals surface area contributed by atoms with Gasteiger partial charge in [0.15, 0.2) is 5.65 Å². The number of anilines is 1. The number of aromatic nitrogens is 4. The summed E-state index contributed by atoms with van der Waals surface area (Å²) >= 11 is 6.33. The Hall–Kier alpha value is -3.50. The van der Waals surface area contributed by atoms with Gasteiger partial charge in [-0.3, -0.25) is 4.40 Å². The van der Waals surface area contributed by atoms with E-state index in [1.807, 2.05) is 0 Å². The van der Waals surface area contributed by atoms with E-state index in [0.29, 0.717) is 33.8 Å². The third kappa shape index (κ3) is 2.90. The molecule has 7 rings (SSSR count). The van der Waals surface area contributed by atoms with Gasteiger partial charge in [0, 0.05) is 40.9 Å². The van der Waals surface area contributed by atoms with Crippen LogP contribution in [0.25, 0.3) is 21.8 Å². The van der Waals surface area contributed by atoms with Gasteiger partial charge >= 0.3 is 0 Å². The molecule has 1 aliphatic carbocycles. The van der Waals surface area contributed by atoms with Gasteiger partial charge in [-0.2, -0.15) is 0 Å². The molecule has 11 heteroatoms. The van der Waals surface area contributed by atoms with Gasteiger partial charge in [-0.25, -0.2) is 17.8 Å². The second kappa shape index (κ2) is 7.02. The van der Waals surface area contributed by atoms with E-state index in [2.05, 4.69) is 20.5 Å². The molecule has 3 aliphatic rings. The van der Waals surface area contributed by atoms with E-state index in [-0.39, 0.29) is 39.2 Å². The molecular weight excluding hydrogens is 493 g/mol. The molecule has 0 amide bonds. The molecule has 0 spiro atoms. The van der Waals surface area contributed by atoms with Crippen molar-refractivity contribution in [2.24, 2.45) is 0 Å². The Labute approximate surface area is 204 Å². The Bertz CT molecular complexity index is 1730. The largest absolute Gasteiger partial charge is 0.489 e. The van der Waals surface area contributed by atoms with Gasteiger partial charge in [0.2, 0.25) is 15.8 Å². The summed E-state index contributed by atoms with van der Waals surface area (Å²) in [6, 6.07) is 8.09. The van der Waals surface area contributed by atoms with E-state index in [1.165, 1.54) is 19.3 Å². The van der Waals surface area contributed by atoms with Crippen LogP contribution in [-0.2, 0) is 16.4 Å². The maximum atomic E-state index is 14.7. The fraction of sp³-hybridized carbons (Fsp3) is 0.208. The molecule has 2 aromatic heterocycles. The molecule has 0 radical (unpaired) electrons. The fourth-order valence-corrected chi connectivity index (χ4v) is 6.86. The second-order valence-corrected chi connectivity index (χ2v) is 11.3. The molecule has 2 aromatic carbocycles. The average Bonchev–Trinajstić information content (AvgIpc) is 3.20. The van der Waals surface area contributed by atoms with E-state index in [0.717, 1.165) is 17.7 Å². The van der Waals surface area contributed by atoms with Crippen molar-refractivity contribution in [2.75, 3.05) is 5.32 Å². The molecule has 1 N–H and O–H groups in total. The normalized spacial score (nSPS) is 21.0. The highest BCUT2D eigenvalue weighted by molar-refractivity contribution is 7.96. The fourth-order valence-electron chi connectivity index (χ4n) is 4.97. The van der Waals surface area contributed by atoms with Crippen LogP contribution in [0, 0.1) is 5.82 Å². The van der Waals surface area contributed by atoms with Crippen LogP contribution in [0.2, 0.25) is 0 Å². The van der Waals surface area contributed by atoms with Gasteiger partial charge in [-0.1, -0.05) is 17.7 Å². The molecule has 4 heterocycles. The minimum absolute atomic E-state index is 0.138. The SMILES string of the molecule is CC1=C(Cl)c2cc(-c3cnc(NCc4c(F)ccc5c4[C@H]4CC4O5)n4cnnc34)ccc2S1(=O)=O. The lowest BCUT2D eigenvalue weighted by atomic mass is 10.0. The molecule has 0 bridgehead atoms. The van der Waals surface area contributed by atoms with Crippen molar-refractivity contribution >= 4 is 38.1 Å². The molecule has 2 aliphatic heterocycles. The highest BCUT2D eigenvalue weighted by Gasteiger charge is 2.49. The predicted molar refractivity (Wildman–Crippen MR) is 127 cm³/mol. The molecule has 1 fully saturated rings. The summed E-state index contributed by atoms with van der Waals surface area (Å²) in [5.41, 5.74) is 3.85. The van der Waals surface area contributed by atoms with Crippen LogP contribution in [0.1, 0.15) is 36.0 Å². The molecule has 4 aromatic rings. The number of nitrogens with one attached hydrogen (secondary N) is 1. The van der Waals surface area contributed by atoms with Crippen molar-refractivity contribution in [2.45, 2.75) is 36.8 Å². The first-order valence-corrected chi connectivity index (χ1v) is 12.9. The number of rotatable bonds is 4. The lowest BCUT2D eigenvalue weighted by Gasteiger charge is -2.14. The molecule has 176 valence electrons. The second-order valence-electron chi connectivity index (χ2n) is 8.89. The van der Waals surface area contributed by atoms with E-state index in [9.17, 15) is 12.8 Å². The van der Waals surface area contributed by atoms with Gasteiger partial charge in [0.1, 0.15) is 24.0 Å². The predicted octanol–water partition coefficient (Wildman–Crippen LogP) is 4.51. The third-order valence-corrected chi connectivity index (χ3v) is 9.47. The van der Waals surface area contributed by atoms with Crippen LogP contribution in [0.15, 0.2) is 52.7 Å².